The molecule has 1 aromatic carbocycles. The molecule has 2 fully saturated rings. The SMILES string of the molecule is CC1(C2CC2)CN(c2cccc3c2CCCC3)CCCN1. The second-order valence-electron chi connectivity index (χ2n) is 7.52. The topological polar surface area (TPSA) is 15.3 Å². The van der Waals surface area contributed by atoms with E-state index >= 15 is 0 Å². The van der Waals surface area contributed by atoms with Gasteiger partial charge in [-0.05, 0) is 81.5 Å². The molecule has 3 aliphatic rings. The summed E-state index contributed by atoms with van der Waals surface area (Å²) in [7, 11) is 0. The predicted octanol–water partition coefficient (Wildman–Crippen LogP) is 3.53. The summed E-state index contributed by atoms with van der Waals surface area (Å²) in [5.74, 6) is 0.901. The van der Waals surface area contributed by atoms with Gasteiger partial charge in [-0.1, -0.05) is 12.1 Å². The molecule has 1 aliphatic heterocycles. The molecule has 1 saturated heterocycles. The highest BCUT2D eigenvalue weighted by Gasteiger charge is 2.43. The van der Waals surface area contributed by atoms with Crippen LogP contribution in [0.1, 0.15) is 50.2 Å². The predicted molar refractivity (Wildman–Crippen MR) is 89.0 cm³/mol. The highest BCUT2D eigenvalue weighted by atomic mass is 15.2. The minimum absolute atomic E-state index is 0.327. The Hall–Kier alpha value is -1.02. The Kier molecular flexibility index (Phi) is 3.45. The van der Waals surface area contributed by atoms with E-state index in [4.69, 9.17) is 0 Å². The fraction of sp³-hybridized carbons (Fsp3) is 0.684. The van der Waals surface area contributed by atoms with Crippen molar-refractivity contribution >= 4 is 5.69 Å². The van der Waals surface area contributed by atoms with Crippen molar-refractivity contribution in [2.24, 2.45) is 5.92 Å². The van der Waals surface area contributed by atoms with Gasteiger partial charge in [0.2, 0.25) is 0 Å². The molecule has 2 heteroatoms. The highest BCUT2D eigenvalue weighted by Crippen LogP contribution is 2.42. The van der Waals surface area contributed by atoms with Crippen molar-refractivity contribution < 1.29 is 0 Å². The van der Waals surface area contributed by atoms with E-state index in [9.17, 15) is 0 Å². The van der Waals surface area contributed by atoms with Gasteiger partial charge in [0.05, 0.1) is 0 Å². The molecule has 0 amide bonds. The van der Waals surface area contributed by atoms with Crippen LogP contribution in [0.5, 0.6) is 0 Å². The first kappa shape index (κ1) is 13.6. The van der Waals surface area contributed by atoms with Gasteiger partial charge in [0.25, 0.3) is 0 Å². The number of hydrogen-bond acceptors (Lipinski definition) is 2. The van der Waals surface area contributed by atoms with Crippen molar-refractivity contribution in [1.29, 1.82) is 0 Å². The van der Waals surface area contributed by atoms with Crippen LogP contribution in [-0.2, 0) is 12.8 Å². The third kappa shape index (κ3) is 2.59. The molecule has 2 nitrogen and oxygen atoms in total. The third-order valence-corrected chi connectivity index (χ3v) is 5.84. The van der Waals surface area contributed by atoms with Gasteiger partial charge in [0.1, 0.15) is 0 Å². The summed E-state index contributed by atoms with van der Waals surface area (Å²) in [6, 6.07) is 7.02. The third-order valence-electron chi connectivity index (χ3n) is 5.84. The Bertz CT molecular complexity index is 520. The fourth-order valence-corrected chi connectivity index (χ4v) is 4.43. The lowest BCUT2D eigenvalue weighted by molar-refractivity contribution is 0.331. The van der Waals surface area contributed by atoms with Gasteiger partial charge in [-0.3, -0.25) is 0 Å². The van der Waals surface area contributed by atoms with Gasteiger partial charge in [-0.15, -0.1) is 0 Å². The molecule has 2 aliphatic carbocycles. The number of benzene rings is 1. The van der Waals surface area contributed by atoms with E-state index in [1.165, 1.54) is 64.6 Å². The molecular formula is C19H28N2. The van der Waals surface area contributed by atoms with E-state index in [2.05, 4.69) is 35.3 Å². The van der Waals surface area contributed by atoms with E-state index in [1.54, 1.807) is 16.8 Å². The van der Waals surface area contributed by atoms with Gasteiger partial charge in [-0.25, -0.2) is 0 Å². The van der Waals surface area contributed by atoms with Crippen LogP contribution in [0.25, 0.3) is 0 Å². The Balaban J connectivity index is 1.65. The molecule has 1 saturated carbocycles. The average Bonchev–Trinajstić information content (AvgIpc) is 3.34. The van der Waals surface area contributed by atoms with Crippen molar-refractivity contribution in [2.45, 2.75) is 57.4 Å². The molecule has 1 aromatic rings. The zero-order valence-electron chi connectivity index (χ0n) is 13.3. The summed E-state index contributed by atoms with van der Waals surface area (Å²) in [6.07, 6.45) is 9.43. The molecule has 0 bridgehead atoms. The lowest BCUT2D eigenvalue weighted by Crippen LogP contribution is -2.51. The normalized spacial score (nSPS) is 29.9. The second-order valence-corrected chi connectivity index (χ2v) is 7.52. The van der Waals surface area contributed by atoms with Crippen molar-refractivity contribution in [3.05, 3.63) is 29.3 Å². The number of fused-ring (bicyclic) bond motifs is 1. The maximum absolute atomic E-state index is 3.86. The first-order valence-electron chi connectivity index (χ1n) is 8.87. The van der Waals surface area contributed by atoms with Crippen LogP contribution in [0.4, 0.5) is 5.69 Å². The molecule has 1 heterocycles. The number of hydrogen-bond donors (Lipinski definition) is 1. The molecular weight excluding hydrogens is 256 g/mol. The van der Waals surface area contributed by atoms with Gasteiger partial charge in [-0.2, -0.15) is 0 Å². The summed E-state index contributed by atoms with van der Waals surface area (Å²) in [5, 5.41) is 3.86. The van der Waals surface area contributed by atoms with Crippen LogP contribution in [0.3, 0.4) is 0 Å². The van der Waals surface area contributed by atoms with E-state index < -0.39 is 0 Å². The van der Waals surface area contributed by atoms with Crippen LogP contribution in [0.15, 0.2) is 18.2 Å². The van der Waals surface area contributed by atoms with Crippen LogP contribution >= 0.6 is 0 Å². The summed E-state index contributed by atoms with van der Waals surface area (Å²) in [6.45, 7) is 6.04. The summed E-state index contributed by atoms with van der Waals surface area (Å²) >= 11 is 0. The molecule has 0 spiro atoms. The molecule has 114 valence electrons. The smallest absolute Gasteiger partial charge is 0.0402 e. The zero-order valence-corrected chi connectivity index (χ0v) is 13.3. The minimum Gasteiger partial charge on any atom is -0.369 e. The molecule has 4 rings (SSSR count). The van der Waals surface area contributed by atoms with Crippen molar-refractivity contribution in [2.75, 3.05) is 24.5 Å². The van der Waals surface area contributed by atoms with Gasteiger partial charge in [0.15, 0.2) is 0 Å². The number of nitrogens with zero attached hydrogens (tertiary/aromatic N) is 1. The minimum atomic E-state index is 0.327. The quantitative estimate of drug-likeness (QED) is 0.893. The van der Waals surface area contributed by atoms with Crippen LogP contribution < -0.4 is 10.2 Å². The Morgan fingerprint density at radius 1 is 1.14 bits per heavy atom. The molecule has 21 heavy (non-hydrogen) atoms. The molecule has 1 unspecified atom stereocenters. The van der Waals surface area contributed by atoms with E-state index in [-0.39, 0.29) is 0 Å². The first-order chi connectivity index (χ1) is 10.3. The summed E-state index contributed by atoms with van der Waals surface area (Å²) in [4.78, 5) is 2.70. The van der Waals surface area contributed by atoms with Crippen molar-refractivity contribution in [3.63, 3.8) is 0 Å². The lowest BCUT2D eigenvalue weighted by atomic mass is 9.89. The van der Waals surface area contributed by atoms with E-state index in [1.807, 2.05) is 0 Å². The summed E-state index contributed by atoms with van der Waals surface area (Å²) < 4.78 is 0. The number of rotatable bonds is 2. The summed E-state index contributed by atoms with van der Waals surface area (Å²) in [5.41, 5.74) is 5.14. The number of anilines is 1. The van der Waals surface area contributed by atoms with E-state index in [0.29, 0.717) is 5.54 Å². The van der Waals surface area contributed by atoms with Crippen molar-refractivity contribution in [3.8, 4) is 0 Å². The Labute approximate surface area is 128 Å². The number of aryl methyl sites for hydroxylation is 1. The Morgan fingerprint density at radius 3 is 2.86 bits per heavy atom. The Morgan fingerprint density at radius 2 is 2.00 bits per heavy atom. The maximum Gasteiger partial charge on any atom is 0.0402 e. The monoisotopic (exact) mass is 284 g/mol. The molecule has 0 aromatic heterocycles. The largest absolute Gasteiger partial charge is 0.369 e. The number of nitrogens with one attached hydrogen (secondary N) is 1. The van der Waals surface area contributed by atoms with E-state index in [0.717, 1.165) is 5.92 Å². The first-order valence-corrected chi connectivity index (χ1v) is 8.87. The highest BCUT2D eigenvalue weighted by molar-refractivity contribution is 5.58. The molecule has 1 atom stereocenters. The maximum atomic E-state index is 3.86. The standard InChI is InChI=1S/C19H28N2/c1-19(16-10-11-16)14-21(13-5-12-20-19)18-9-4-7-15-6-2-3-8-17(15)18/h4,7,9,16,20H,2-3,5-6,8,10-14H2,1H3. The van der Waals surface area contributed by atoms with Gasteiger partial charge in [0, 0.05) is 24.3 Å². The fourth-order valence-electron chi connectivity index (χ4n) is 4.43. The molecule has 0 radical (unpaired) electrons. The second kappa shape index (κ2) is 5.31. The van der Waals surface area contributed by atoms with Crippen LogP contribution in [0, 0.1) is 5.92 Å². The molecule has 1 N–H and O–H groups in total. The van der Waals surface area contributed by atoms with Crippen LogP contribution in [-0.4, -0.2) is 25.2 Å². The average molecular weight is 284 g/mol. The van der Waals surface area contributed by atoms with Gasteiger partial charge < -0.3 is 10.2 Å². The zero-order chi connectivity index (χ0) is 14.3. The van der Waals surface area contributed by atoms with Crippen molar-refractivity contribution in [1.82, 2.24) is 5.32 Å². The lowest BCUT2D eigenvalue weighted by Gasteiger charge is -2.36. The van der Waals surface area contributed by atoms with Crippen LogP contribution in [0.2, 0.25) is 0 Å². The van der Waals surface area contributed by atoms with Gasteiger partial charge >= 0.3 is 0 Å².